The lowest BCUT2D eigenvalue weighted by atomic mass is 10.1. The minimum absolute atomic E-state index is 0.323. The van der Waals surface area contributed by atoms with Crippen molar-refractivity contribution in [1.29, 1.82) is 0 Å². The Hall–Kier alpha value is -1.34. The highest BCUT2D eigenvalue weighted by molar-refractivity contribution is 5.72. The van der Waals surface area contributed by atoms with E-state index in [1.54, 1.807) is 7.11 Å². The number of carboxylic acid groups (broad SMARTS) is 1. The van der Waals surface area contributed by atoms with Crippen molar-refractivity contribution in [3.63, 3.8) is 0 Å². The maximum absolute atomic E-state index is 11.1. The molecule has 0 heterocycles. The van der Waals surface area contributed by atoms with Gasteiger partial charge in [0.2, 0.25) is 0 Å². The molecule has 0 aromatic carbocycles. The van der Waals surface area contributed by atoms with Crippen LogP contribution in [0.15, 0.2) is 0 Å². The van der Waals surface area contributed by atoms with Gasteiger partial charge in [-0.05, 0) is 19.3 Å². The number of hydrogen-bond acceptors (Lipinski definition) is 5. The van der Waals surface area contributed by atoms with Gasteiger partial charge in [-0.3, -0.25) is 4.79 Å². The first-order valence-corrected chi connectivity index (χ1v) is 5.96. The molecule has 1 amide bonds. The highest BCUT2D eigenvalue weighted by Crippen LogP contribution is 1.98. The summed E-state index contributed by atoms with van der Waals surface area (Å²) in [7, 11) is 1.59. The zero-order valence-corrected chi connectivity index (χ0v) is 10.7. The summed E-state index contributed by atoms with van der Waals surface area (Å²) < 4.78 is 9.67. The summed E-state index contributed by atoms with van der Waals surface area (Å²) in [6.07, 6.45) is 1.93. The van der Waals surface area contributed by atoms with Crippen molar-refractivity contribution in [2.45, 2.75) is 31.7 Å². The van der Waals surface area contributed by atoms with Crippen LogP contribution in [0.25, 0.3) is 0 Å². The molecule has 0 bridgehead atoms. The molecule has 0 aliphatic heterocycles. The van der Waals surface area contributed by atoms with Crippen LogP contribution >= 0.6 is 0 Å². The van der Waals surface area contributed by atoms with Crippen LogP contribution in [-0.4, -0.2) is 50.1 Å². The monoisotopic (exact) mass is 262 g/mol. The van der Waals surface area contributed by atoms with Crippen molar-refractivity contribution in [2.75, 3.05) is 26.9 Å². The Labute approximate surface area is 107 Å². The third kappa shape index (κ3) is 9.86. The fourth-order valence-corrected chi connectivity index (χ4v) is 1.22. The smallest absolute Gasteiger partial charge is 0.407 e. The molecule has 0 unspecified atom stereocenters. The minimum atomic E-state index is -1.000. The summed E-state index contributed by atoms with van der Waals surface area (Å²) in [5, 5.41) is 11.1. The molecule has 0 aromatic rings. The number of aliphatic carboxylic acids is 1. The molecule has 0 spiro atoms. The fourth-order valence-electron chi connectivity index (χ4n) is 1.22. The van der Waals surface area contributed by atoms with Gasteiger partial charge in [-0.25, -0.2) is 4.79 Å². The predicted molar refractivity (Wildman–Crippen MR) is 65.3 cm³/mol. The van der Waals surface area contributed by atoms with Crippen molar-refractivity contribution in [1.82, 2.24) is 5.32 Å². The van der Waals surface area contributed by atoms with Crippen molar-refractivity contribution in [3.05, 3.63) is 0 Å². The fraction of sp³-hybridized carbons (Fsp3) is 0.818. The highest BCUT2D eigenvalue weighted by Gasteiger charge is 2.10. The lowest BCUT2D eigenvalue weighted by Crippen LogP contribution is -2.30. The molecule has 0 aliphatic carbocycles. The van der Waals surface area contributed by atoms with Crippen LogP contribution in [0.5, 0.6) is 0 Å². The summed E-state index contributed by atoms with van der Waals surface area (Å²) in [6, 6.07) is -0.828. The normalized spacial score (nSPS) is 11.9. The molecule has 0 saturated carbocycles. The summed E-state index contributed by atoms with van der Waals surface area (Å²) in [6.45, 7) is 1.33. The number of carbonyl (C=O) groups is 2. The summed E-state index contributed by atoms with van der Waals surface area (Å²) >= 11 is 0. The lowest BCUT2D eigenvalue weighted by molar-refractivity contribution is -0.138. The summed E-state index contributed by atoms with van der Waals surface area (Å²) in [5.74, 6) is -1.000. The molecule has 106 valence electrons. The molecule has 18 heavy (non-hydrogen) atoms. The van der Waals surface area contributed by atoms with Crippen molar-refractivity contribution in [3.8, 4) is 0 Å². The van der Waals surface area contributed by atoms with Gasteiger partial charge in [-0.2, -0.15) is 0 Å². The number of carbonyl (C=O) groups excluding carboxylic acids is 1. The third-order valence-corrected chi connectivity index (χ3v) is 2.25. The molecule has 0 saturated heterocycles. The third-order valence-electron chi connectivity index (χ3n) is 2.25. The van der Waals surface area contributed by atoms with E-state index in [4.69, 9.17) is 20.3 Å². The number of carboxylic acids is 1. The zero-order valence-electron chi connectivity index (χ0n) is 10.7. The average Bonchev–Trinajstić information content (AvgIpc) is 2.33. The highest BCUT2D eigenvalue weighted by atomic mass is 16.5. The molecular weight excluding hydrogens is 240 g/mol. The number of amides is 1. The number of hydrogen-bond donors (Lipinski definition) is 3. The lowest BCUT2D eigenvalue weighted by Gasteiger charge is -2.08. The number of nitrogens with one attached hydrogen (secondary N) is 1. The second-order valence-electron chi connectivity index (χ2n) is 3.85. The quantitative estimate of drug-likeness (QED) is 0.489. The van der Waals surface area contributed by atoms with E-state index in [1.165, 1.54) is 0 Å². The number of ether oxygens (including phenoxy) is 2. The Morgan fingerprint density at radius 2 is 2.00 bits per heavy atom. The van der Waals surface area contributed by atoms with Crippen molar-refractivity contribution in [2.24, 2.45) is 5.73 Å². The number of rotatable bonds is 10. The number of alkyl carbamates (subject to hydrolysis) is 1. The van der Waals surface area contributed by atoms with Crippen LogP contribution in [-0.2, 0) is 14.3 Å². The number of methoxy groups -OCH3 is 1. The van der Waals surface area contributed by atoms with Crippen LogP contribution in [0.1, 0.15) is 25.7 Å². The maximum Gasteiger partial charge on any atom is 0.407 e. The summed E-state index contributed by atoms with van der Waals surface area (Å²) in [5.41, 5.74) is 5.33. The SMILES string of the molecule is COCCCOC(=O)NCCCC[C@@H](N)C(=O)O. The molecule has 4 N–H and O–H groups in total. The van der Waals surface area contributed by atoms with Gasteiger partial charge in [0.1, 0.15) is 6.04 Å². The Bertz CT molecular complexity index is 248. The van der Waals surface area contributed by atoms with Gasteiger partial charge in [0.15, 0.2) is 0 Å². The standard InChI is InChI=1S/C11H22N2O5/c1-17-7-4-8-18-11(16)13-6-3-2-5-9(12)10(14)15/h9H,2-8,12H2,1H3,(H,13,16)(H,14,15)/t9-/m1/s1. The van der Waals surface area contributed by atoms with Gasteiger partial charge < -0.3 is 25.6 Å². The van der Waals surface area contributed by atoms with Gasteiger partial charge in [0, 0.05) is 26.7 Å². The van der Waals surface area contributed by atoms with Crippen LogP contribution in [0.2, 0.25) is 0 Å². The van der Waals surface area contributed by atoms with Crippen LogP contribution in [0, 0.1) is 0 Å². The van der Waals surface area contributed by atoms with E-state index in [9.17, 15) is 9.59 Å². The van der Waals surface area contributed by atoms with Gasteiger partial charge >= 0.3 is 12.1 Å². The van der Waals surface area contributed by atoms with E-state index in [0.717, 1.165) is 0 Å². The second kappa shape index (κ2) is 10.8. The van der Waals surface area contributed by atoms with Gasteiger partial charge in [0.05, 0.1) is 6.61 Å². The van der Waals surface area contributed by atoms with Crippen LogP contribution in [0.3, 0.4) is 0 Å². The Morgan fingerprint density at radius 3 is 2.61 bits per heavy atom. The van der Waals surface area contributed by atoms with Crippen molar-refractivity contribution < 1.29 is 24.2 Å². The molecule has 0 rings (SSSR count). The van der Waals surface area contributed by atoms with Gasteiger partial charge in [0.25, 0.3) is 0 Å². The molecule has 0 aliphatic rings. The Morgan fingerprint density at radius 1 is 1.28 bits per heavy atom. The van der Waals surface area contributed by atoms with E-state index in [1.807, 2.05) is 0 Å². The first-order valence-electron chi connectivity index (χ1n) is 5.96. The van der Waals surface area contributed by atoms with E-state index in [0.29, 0.717) is 45.4 Å². The van der Waals surface area contributed by atoms with Crippen molar-refractivity contribution >= 4 is 12.1 Å². The van der Waals surface area contributed by atoms with E-state index < -0.39 is 18.1 Å². The van der Waals surface area contributed by atoms with Gasteiger partial charge in [-0.15, -0.1) is 0 Å². The summed E-state index contributed by atoms with van der Waals surface area (Å²) in [4.78, 5) is 21.5. The topological polar surface area (TPSA) is 111 Å². The molecule has 0 radical (unpaired) electrons. The predicted octanol–water partition coefficient (Wildman–Crippen LogP) is 0.331. The molecule has 7 heteroatoms. The average molecular weight is 262 g/mol. The molecule has 0 fully saturated rings. The van der Waals surface area contributed by atoms with Crippen LogP contribution in [0.4, 0.5) is 4.79 Å². The van der Waals surface area contributed by atoms with E-state index in [-0.39, 0.29) is 0 Å². The maximum atomic E-state index is 11.1. The second-order valence-corrected chi connectivity index (χ2v) is 3.85. The molecule has 0 aromatic heterocycles. The molecule has 1 atom stereocenters. The van der Waals surface area contributed by atoms with Crippen LogP contribution < -0.4 is 11.1 Å². The molecule has 7 nitrogen and oxygen atoms in total. The van der Waals surface area contributed by atoms with Gasteiger partial charge in [-0.1, -0.05) is 0 Å². The Balaban J connectivity index is 3.32. The first kappa shape index (κ1) is 16.7. The minimum Gasteiger partial charge on any atom is -0.480 e. The largest absolute Gasteiger partial charge is 0.480 e. The van der Waals surface area contributed by atoms with E-state index in [2.05, 4.69) is 5.32 Å². The first-order chi connectivity index (χ1) is 8.57. The zero-order chi connectivity index (χ0) is 13.8. The Kier molecular flexibility index (Phi) is 9.99. The number of unbranched alkanes of at least 4 members (excludes halogenated alkanes) is 1. The van der Waals surface area contributed by atoms with E-state index >= 15 is 0 Å². The number of nitrogens with two attached hydrogens (primary N) is 1. The molecular formula is C11H22N2O5.